The molecule has 2 aliphatic rings. The van der Waals surface area contributed by atoms with E-state index in [1.54, 1.807) is 11.3 Å². The zero-order valence-corrected chi connectivity index (χ0v) is 21.0. The highest BCUT2D eigenvalue weighted by molar-refractivity contribution is 7.19. The number of thiophene rings is 1. The fourth-order valence-electron chi connectivity index (χ4n) is 5.44. The van der Waals surface area contributed by atoms with Gasteiger partial charge in [-0.1, -0.05) is 49.1 Å². The topological polar surface area (TPSA) is 78.1 Å². The summed E-state index contributed by atoms with van der Waals surface area (Å²) in [6.07, 6.45) is 7.61. The van der Waals surface area contributed by atoms with Crippen LogP contribution in [0.3, 0.4) is 0 Å². The van der Waals surface area contributed by atoms with E-state index in [9.17, 15) is 9.59 Å². The van der Waals surface area contributed by atoms with Crippen molar-refractivity contribution in [3.63, 3.8) is 0 Å². The molecule has 34 heavy (non-hydrogen) atoms. The summed E-state index contributed by atoms with van der Waals surface area (Å²) in [6.45, 7) is 6.56. The fraction of sp³-hybridized carbons (Fsp3) is 0.519. The average molecular weight is 479 g/mol. The number of carbonyl (C=O) groups is 1. The fourth-order valence-corrected chi connectivity index (χ4v) is 6.50. The van der Waals surface area contributed by atoms with Crippen LogP contribution in [0, 0.1) is 19.8 Å². The van der Waals surface area contributed by atoms with Gasteiger partial charge in [-0.2, -0.15) is 0 Å². The molecule has 2 fully saturated rings. The minimum Gasteiger partial charge on any atom is -0.353 e. The van der Waals surface area contributed by atoms with Crippen molar-refractivity contribution in [3.05, 3.63) is 50.9 Å². The molecule has 180 valence electrons. The maximum absolute atomic E-state index is 13.1. The number of nitrogens with zero attached hydrogens (tertiary/aromatic N) is 2. The molecule has 1 saturated carbocycles. The quantitative estimate of drug-likeness (QED) is 0.545. The van der Waals surface area contributed by atoms with Crippen LogP contribution in [-0.2, 0) is 11.3 Å². The standard InChI is InChI=1S/C27H34N4O2S/c1-17-8-10-19(11-9-17)23-18(2)34-27-24(23)26(33)29-22(30-27)16-31-14-12-21(13-15-31)28-25(32)20-6-4-3-5-7-20/h8-11,20-21H,3-7,12-16H2,1-2H3,(H,28,32)(H,29,30,33). The number of carbonyl (C=O) groups excluding carboxylic acids is 1. The van der Waals surface area contributed by atoms with Crippen molar-refractivity contribution in [2.75, 3.05) is 13.1 Å². The van der Waals surface area contributed by atoms with Crippen molar-refractivity contribution in [2.45, 2.75) is 71.4 Å². The summed E-state index contributed by atoms with van der Waals surface area (Å²) >= 11 is 1.59. The molecule has 0 radical (unpaired) electrons. The number of hydrogen-bond acceptors (Lipinski definition) is 5. The Morgan fingerprint density at radius 2 is 1.79 bits per heavy atom. The zero-order valence-electron chi connectivity index (χ0n) is 20.2. The van der Waals surface area contributed by atoms with E-state index in [0.717, 1.165) is 65.4 Å². The van der Waals surface area contributed by atoms with E-state index in [4.69, 9.17) is 4.98 Å². The lowest BCUT2D eigenvalue weighted by Crippen LogP contribution is -2.46. The van der Waals surface area contributed by atoms with Gasteiger partial charge in [0.1, 0.15) is 10.7 Å². The monoisotopic (exact) mass is 478 g/mol. The molecule has 1 amide bonds. The lowest BCUT2D eigenvalue weighted by atomic mass is 9.88. The predicted molar refractivity (Wildman–Crippen MR) is 138 cm³/mol. The number of benzene rings is 1. The predicted octanol–water partition coefficient (Wildman–Crippen LogP) is 4.93. The van der Waals surface area contributed by atoms with Gasteiger partial charge in [-0.15, -0.1) is 11.3 Å². The van der Waals surface area contributed by atoms with E-state index in [1.165, 1.54) is 24.8 Å². The molecule has 0 bridgehead atoms. The normalized spacial score (nSPS) is 18.4. The van der Waals surface area contributed by atoms with Gasteiger partial charge < -0.3 is 10.3 Å². The third kappa shape index (κ3) is 4.96. The van der Waals surface area contributed by atoms with Crippen LogP contribution in [0.1, 0.15) is 61.2 Å². The summed E-state index contributed by atoms with van der Waals surface area (Å²) in [6, 6.07) is 8.57. The van der Waals surface area contributed by atoms with E-state index in [2.05, 4.69) is 53.3 Å². The Labute approximate surface area is 204 Å². The van der Waals surface area contributed by atoms with Crippen molar-refractivity contribution in [2.24, 2.45) is 5.92 Å². The van der Waals surface area contributed by atoms with Gasteiger partial charge in [0.2, 0.25) is 5.91 Å². The summed E-state index contributed by atoms with van der Waals surface area (Å²) in [5, 5.41) is 3.99. The number of piperidine rings is 1. The number of H-pyrrole nitrogens is 1. The van der Waals surface area contributed by atoms with Crippen molar-refractivity contribution >= 4 is 27.5 Å². The van der Waals surface area contributed by atoms with Crippen molar-refractivity contribution in [1.29, 1.82) is 0 Å². The molecule has 3 aromatic rings. The van der Waals surface area contributed by atoms with Gasteiger partial charge in [0.05, 0.1) is 11.9 Å². The summed E-state index contributed by atoms with van der Waals surface area (Å²) in [5.74, 6) is 1.19. The van der Waals surface area contributed by atoms with Crippen LogP contribution in [-0.4, -0.2) is 39.9 Å². The van der Waals surface area contributed by atoms with Crippen LogP contribution in [0.25, 0.3) is 21.3 Å². The summed E-state index contributed by atoms with van der Waals surface area (Å²) in [4.78, 5) is 37.8. The number of aryl methyl sites for hydroxylation is 2. The summed E-state index contributed by atoms with van der Waals surface area (Å²) in [5.41, 5.74) is 3.20. The Morgan fingerprint density at radius 1 is 1.09 bits per heavy atom. The Hall–Kier alpha value is -2.51. The highest BCUT2D eigenvalue weighted by Gasteiger charge is 2.26. The van der Waals surface area contributed by atoms with Gasteiger partial charge in [-0.3, -0.25) is 14.5 Å². The first kappa shape index (κ1) is 23.2. The number of fused-ring (bicyclic) bond motifs is 1. The molecular weight excluding hydrogens is 444 g/mol. The Kier molecular flexibility index (Phi) is 6.84. The van der Waals surface area contributed by atoms with E-state index < -0.39 is 0 Å². The highest BCUT2D eigenvalue weighted by Crippen LogP contribution is 2.35. The molecule has 2 N–H and O–H groups in total. The van der Waals surface area contributed by atoms with Gasteiger partial charge >= 0.3 is 0 Å². The maximum atomic E-state index is 13.1. The molecule has 1 saturated heterocycles. The largest absolute Gasteiger partial charge is 0.353 e. The third-order valence-electron chi connectivity index (χ3n) is 7.41. The zero-order chi connectivity index (χ0) is 23.7. The number of aromatic nitrogens is 2. The van der Waals surface area contributed by atoms with E-state index >= 15 is 0 Å². The maximum Gasteiger partial charge on any atom is 0.260 e. The van der Waals surface area contributed by atoms with Gasteiger partial charge in [0, 0.05) is 35.5 Å². The minimum atomic E-state index is -0.0606. The summed E-state index contributed by atoms with van der Waals surface area (Å²) < 4.78 is 0. The van der Waals surface area contributed by atoms with Gasteiger partial charge in [0.25, 0.3) is 5.56 Å². The SMILES string of the molecule is Cc1ccc(-c2c(C)sc3nc(CN4CCC(NC(=O)C5CCCCC5)CC4)[nH]c(=O)c23)cc1. The van der Waals surface area contributed by atoms with E-state index in [0.29, 0.717) is 11.9 Å². The van der Waals surface area contributed by atoms with Crippen LogP contribution in [0.2, 0.25) is 0 Å². The first-order valence-corrected chi connectivity index (χ1v) is 13.4. The molecular formula is C27H34N4O2S. The molecule has 7 heteroatoms. The smallest absolute Gasteiger partial charge is 0.260 e. The van der Waals surface area contributed by atoms with Crippen LogP contribution in [0.4, 0.5) is 0 Å². The lowest BCUT2D eigenvalue weighted by molar-refractivity contribution is -0.127. The molecule has 6 nitrogen and oxygen atoms in total. The molecule has 2 aromatic heterocycles. The second kappa shape index (κ2) is 10.0. The van der Waals surface area contributed by atoms with Gasteiger partial charge in [-0.25, -0.2) is 4.98 Å². The molecule has 3 heterocycles. The lowest BCUT2D eigenvalue weighted by Gasteiger charge is -2.33. The van der Waals surface area contributed by atoms with E-state index in [-0.39, 0.29) is 23.4 Å². The van der Waals surface area contributed by atoms with Crippen LogP contribution in [0.5, 0.6) is 0 Å². The molecule has 1 aliphatic carbocycles. The third-order valence-corrected chi connectivity index (χ3v) is 8.41. The molecule has 1 aliphatic heterocycles. The number of rotatable bonds is 5. The molecule has 0 atom stereocenters. The van der Waals surface area contributed by atoms with Crippen molar-refractivity contribution in [1.82, 2.24) is 20.2 Å². The highest BCUT2D eigenvalue weighted by atomic mass is 32.1. The first-order chi connectivity index (χ1) is 16.5. The van der Waals surface area contributed by atoms with Crippen LogP contribution >= 0.6 is 11.3 Å². The number of hydrogen-bond donors (Lipinski definition) is 2. The average Bonchev–Trinajstić information content (AvgIpc) is 3.17. The molecule has 0 unspecified atom stereocenters. The Morgan fingerprint density at radius 3 is 2.50 bits per heavy atom. The summed E-state index contributed by atoms with van der Waals surface area (Å²) in [7, 11) is 0. The number of nitrogens with one attached hydrogen (secondary N) is 2. The molecule has 5 rings (SSSR count). The number of amides is 1. The molecule has 0 spiro atoms. The van der Waals surface area contributed by atoms with Gasteiger partial charge in [0.15, 0.2) is 0 Å². The van der Waals surface area contributed by atoms with Gasteiger partial charge in [-0.05, 0) is 45.1 Å². The van der Waals surface area contributed by atoms with Crippen molar-refractivity contribution in [3.8, 4) is 11.1 Å². The number of likely N-dealkylation sites (tertiary alicyclic amines) is 1. The second-order valence-electron chi connectivity index (χ2n) is 9.99. The van der Waals surface area contributed by atoms with Crippen molar-refractivity contribution < 1.29 is 4.79 Å². The number of aromatic amines is 1. The Balaban J connectivity index is 1.24. The Bertz CT molecular complexity index is 1220. The first-order valence-electron chi connectivity index (χ1n) is 12.6. The van der Waals surface area contributed by atoms with Crippen LogP contribution in [0.15, 0.2) is 29.1 Å². The molecule has 1 aromatic carbocycles. The minimum absolute atomic E-state index is 0.0606. The van der Waals surface area contributed by atoms with E-state index in [1.807, 2.05) is 0 Å². The second-order valence-corrected chi connectivity index (χ2v) is 11.2. The van der Waals surface area contributed by atoms with Crippen LogP contribution < -0.4 is 10.9 Å².